The summed E-state index contributed by atoms with van der Waals surface area (Å²) in [6.07, 6.45) is 1.92. The molecule has 0 fully saturated rings. The number of rotatable bonds is 3. The molecule has 0 unspecified atom stereocenters. The van der Waals surface area contributed by atoms with E-state index in [-0.39, 0.29) is 37.4 Å². The fourth-order valence-corrected chi connectivity index (χ4v) is 5.70. The van der Waals surface area contributed by atoms with Crippen LogP contribution in [-0.4, -0.2) is 27.6 Å². The van der Waals surface area contributed by atoms with E-state index in [1.807, 2.05) is 6.20 Å². The van der Waals surface area contributed by atoms with Gasteiger partial charge in [-0.25, -0.2) is 0 Å². The molecule has 3 heterocycles. The molecule has 1 aliphatic rings. The Morgan fingerprint density at radius 1 is 0.837 bits per heavy atom. The van der Waals surface area contributed by atoms with Gasteiger partial charge in [0.05, 0.1) is 5.54 Å². The van der Waals surface area contributed by atoms with E-state index in [0.717, 1.165) is 39.1 Å². The third-order valence-electron chi connectivity index (χ3n) is 8.20. The van der Waals surface area contributed by atoms with Crippen LogP contribution in [0.3, 0.4) is 0 Å². The molecule has 0 saturated carbocycles. The molecule has 1 aliphatic heterocycles. The van der Waals surface area contributed by atoms with Crippen LogP contribution in [0.5, 0.6) is 0 Å². The molecule has 0 amide bonds. The first-order chi connectivity index (χ1) is 19.6. The monoisotopic (exact) mass is 750 g/mol. The van der Waals surface area contributed by atoms with Crippen LogP contribution in [0.2, 0.25) is 0 Å². The Labute approximate surface area is 270 Å². The Bertz CT molecular complexity index is 1900. The zero-order chi connectivity index (χ0) is 30.2. The summed E-state index contributed by atoms with van der Waals surface area (Å²) in [5, 5.41) is 2.38. The third kappa shape index (κ3) is 5.84. The molecular formula is C38H41N3OPt. The van der Waals surface area contributed by atoms with Gasteiger partial charge in [-0.05, 0) is 71.6 Å². The predicted octanol–water partition coefficient (Wildman–Crippen LogP) is 9.21. The third-order valence-corrected chi connectivity index (χ3v) is 8.20. The van der Waals surface area contributed by atoms with Gasteiger partial charge in [-0.3, -0.25) is 4.99 Å². The number of aryl methyl sites for hydroxylation is 2. The fraction of sp³-hybridized carbons (Fsp3) is 0.368. The van der Waals surface area contributed by atoms with Crippen LogP contribution in [-0.2, 0) is 36.6 Å². The second-order valence-corrected chi connectivity index (χ2v) is 14.6. The van der Waals surface area contributed by atoms with E-state index in [0.29, 0.717) is 12.5 Å². The van der Waals surface area contributed by atoms with Gasteiger partial charge in [-0.1, -0.05) is 83.2 Å². The zero-order valence-corrected chi connectivity index (χ0v) is 29.2. The first-order valence-electron chi connectivity index (χ1n) is 14.9. The molecule has 0 radical (unpaired) electrons. The van der Waals surface area contributed by atoms with Crippen molar-refractivity contribution in [3.63, 3.8) is 0 Å². The quantitative estimate of drug-likeness (QED) is 0.173. The van der Waals surface area contributed by atoms with E-state index >= 15 is 0 Å². The van der Waals surface area contributed by atoms with Crippen molar-refractivity contribution in [3.05, 3.63) is 94.7 Å². The van der Waals surface area contributed by atoms with Crippen molar-refractivity contribution >= 4 is 27.7 Å². The maximum Gasteiger partial charge on any atom is 2.00 e. The minimum atomic E-state index is -0.250. The summed E-state index contributed by atoms with van der Waals surface area (Å²) in [6, 6.07) is 25.3. The minimum absolute atomic E-state index is 0. The van der Waals surface area contributed by atoms with Gasteiger partial charge in [0.1, 0.15) is 12.5 Å². The van der Waals surface area contributed by atoms with Crippen molar-refractivity contribution in [3.8, 4) is 16.9 Å². The van der Waals surface area contributed by atoms with Crippen LogP contribution in [0.15, 0.2) is 59.7 Å². The van der Waals surface area contributed by atoms with Crippen LogP contribution < -0.4 is 0 Å². The maximum absolute atomic E-state index is 6.11. The Kier molecular flexibility index (Phi) is 7.79. The van der Waals surface area contributed by atoms with Crippen molar-refractivity contribution in [1.82, 2.24) is 9.55 Å². The number of hydrogen-bond acceptors (Lipinski definition) is 3. The molecule has 0 aliphatic carbocycles. The predicted molar refractivity (Wildman–Crippen MR) is 175 cm³/mol. The van der Waals surface area contributed by atoms with Crippen molar-refractivity contribution in [2.24, 2.45) is 4.99 Å². The van der Waals surface area contributed by atoms with Crippen LogP contribution in [0.1, 0.15) is 83.2 Å². The average Bonchev–Trinajstić information content (AvgIpc) is 3.43. The molecule has 4 nitrogen and oxygen atoms in total. The molecule has 2 aromatic heterocycles. The van der Waals surface area contributed by atoms with E-state index in [1.54, 1.807) is 0 Å². The summed E-state index contributed by atoms with van der Waals surface area (Å²) in [4.78, 5) is 9.71. The average molecular weight is 751 g/mol. The van der Waals surface area contributed by atoms with E-state index < -0.39 is 0 Å². The van der Waals surface area contributed by atoms with Crippen molar-refractivity contribution in [2.45, 2.75) is 85.6 Å². The Balaban J connectivity index is 0.00000368. The molecule has 0 spiro atoms. The van der Waals surface area contributed by atoms with Crippen LogP contribution in [0.4, 0.5) is 0 Å². The SMILES string of the molecule is Cc1ccc2c(c1)c1cc(C)c(-c3cc(C(C)(C)C)ccn3)[c-]c1n2-c1[c-]c(C2=NC(C)(C)CO2)cc(C(C)(C)C)c1.[Pt+2]. The number of aromatic nitrogens is 2. The smallest absolute Gasteiger partial charge is 0.518 e. The summed E-state index contributed by atoms with van der Waals surface area (Å²) >= 11 is 0. The summed E-state index contributed by atoms with van der Waals surface area (Å²) < 4.78 is 8.42. The van der Waals surface area contributed by atoms with Gasteiger partial charge >= 0.3 is 21.1 Å². The van der Waals surface area contributed by atoms with Gasteiger partial charge in [0.2, 0.25) is 0 Å². The van der Waals surface area contributed by atoms with Crippen molar-refractivity contribution in [1.29, 1.82) is 0 Å². The van der Waals surface area contributed by atoms with Gasteiger partial charge in [0.25, 0.3) is 0 Å². The van der Waals surface area contributed by atoms with Crippen molar-refractivity contribution < 1.29 is 25.8 Å². The summed E-state index contributed by atoms with van der Waals surface area (Å²) in [5.41, 5.74) is 10.5. The molecule has 5 aromatic rings. The number of benzene rings is 3. The summed E-state index contributed by atoms with van der Waals surface area (Å²) in [5.74, 6) is 0.660. The number of nitrogens with zero attached hydrogens (tertiary/aromatic N) is 3. The Hall–Kier alpha value is -3.23. The molecular weight excluding hydrogens is 710 g/mol. The molecule has 3 aromatic carbocycles. The largest absolute Gasteiger partial charge is 2.00 e. The van der Waals surface area contributed by atoms with E-state index in [4.69, 9.17) is 14.7 Å². The number of ether oxygens (including phenoxy) is 1. The second-order valence-electron chi connectivity index (χ2n) is 14.6. The Morgan fingerprint density at radius 3 is 2.21 bits per heavy atom. The topological polar surface area (TPSA) is 39.4 Å². The van der Waals surface area contributed by atoms with E-state index in [9.17, 15) is 0 Å². The number of aliphatic imine (C=N–C) groups is 1. The summed E-state index contributed by atoms with van der Waals surface area (Å²) in [7, 11) is 0. The van der Waals surface area contributed by atoms with Gasteiger partial charge < -0.3 is 14.3 Å². The number of fused-ring (bicyclic) bond motifs is 3. The Morgan fingerprint density at radius 2 is 1.56 bits per heavy atom. The normalized spacial score (nSPS) is 15.0. The van der Waals surface area contributed by atoms with Crippen molar-refractivity contribution in [2.75, 3.05) is 6.61 Å². The fourth-order valence-electron chi connectivity index (χ4n) is 5.70. The van der Waals surface area contributed by atoms with E-state index in [2.05, 4.69) is 134 Å². The van der Waals surface area contributed by atoms with Crippen LogP contribution >= 0.6 is 0 Å². The molecule has 0 saturated heterocycles. The molecule has 6 rings (SSSR count). The molecule has 0 N–H and O–H groups in total. The zero-order valence-electron chi connectivity index (χ0n) is 27.0. The van der Waals surface area contributed by atoms with Gasteiger partial charge in [-0.2, -0.15) is 0 Å². The van der Waals surface area contributed by atoms with Gasteiger partial charge in [0, 0.05) is 11.7 Å². The molecule has 0 bridgehead atoms. The number of hydrogen-bond donors (Lipinski definition) is 0. The van der Waals surface area contributed by atoms with Crippen LogP contribution in [0, 0.1) is 26.0 Å². The molecule has 5 heteroatoms. The molecule has 224 valence electrons. The second kappa shape index (κ2) is 10.7. The minimum Gasteiger partial charge on any atom is -0.518 e. The van der Waals surface area contributed by atoms with Gasteiger partial charge in [-0.15, -0.1) is 47.0 Å². The van der Waals surface area contributed by atoms with Crippen LogP contribution in [0.25, 0.3) is 38.8 Å². The molecule has 43 heavy (non-hydrogen) atoms. The maximum atomic E-state index is 6.11. The standard InChI is InChI=1S/C38H41N3O.Pt/c1-23-11-12-33-30(15-23)31-16-24(2)29(32-20-26(13-14-39-32)36(3,4)5)21-34(31)41(33)28-18-25(17-27(19-28)37(6,7)8)35-40-38(9,10)22-42-35;/h11-17,19-20H,22H2,1-10H3;/q-2;+2. The first kappa shape index (κ1) is 31.2. The number of pyridine rings is 1. The van der Waals surface area contributed by atoms with E-state index in [1.165, 1.54) is 27.5 Å². The molecule has 0 atom stereocenters. The van der Waals surface area contributed by atoms with Gasteiger partial charge in [0.15, 0.2) is 0 Å². The first-order valence-corrected chi connectivity index (χ1v) is 14.9. The summed E-state index contributed by atoms with van der Waals surface area (Å²) in [6.45, 7) is 22.5.